The van der Waals surface area contributed by atoms with Gasteiger partial charge in [-0.15, -0.1) is 0 Å². The third-order valence-corrected chi connectivity index (χ3v) is 4.76. The molecule has 0 unspecified atom stereocenters. The minimum atomic E-state index is -0.319. The quantitative estimate of drug-likeness (QED) is 0.619. The molecule has 0 aromatic heterocycles. The molecule has 1 amide bonds. The van der Waals surface area contributed by atoms with Gasteiger partial charge in [-0.25, -0.2) is 0 Å². The number of Topliss-reactive ketones (excluding diaryl/α,β-unsaturated/α-hetero) is 1. The molecule has 0 N–H and O–H groups in total. The number of fused-ring (bicyclic) bond motifs is 1. The molecule has 0 radical (unpaired) electrons. The summed E-state index contributed by atoms with van der Waals surface area (Å²) in [6.07, 6.45) is 4.19. The molecule has 0 saturated heterocycles. The Balaban J connectivity index is 1.69. The average molecular weight is 353 g/mol. The first-order chi connectivity index (χ1) is 13.2. The van der Waals surface area contributed by atoms with Crippen molar-refractivity contribution in [2.24, 2.45) is 0 Å². The standard InChI is InChI=1S/C24H19NO2/c26-23(19-10-3-1-4-11-19)17-21-16-15-18-9-7-8-14-22(18)25(21)24(27)20-12-5-2-6-13-20/h1-16,21H,17H2/t21-/m1/s1. The van der Waals surface area contributed by atoms with Gasteiger partial charge in [0.25, 0.3) is 5.91 Å². The molecule has 1 heterocycles. The van der Waals surface area contributed by atoms with Gasteiger partial charge in [0.2, 0.25) is 0 Å². The number of anilines is 1. The lowest BCUT2D eigenvalue weighted by molar-refractivity contribution is 0.0955. The molecule has 3 aromatic rings. The fraction of sp³-hybridized carbons (Fsp3) is 0.0833. The Morgan fingerprint density at radius 1 is 0.741 bits per heavy atom. The van der Waals surface area contributed by atoms with E-state index in [4.69, 9.17) is 0 Å². The van der Waals surface area contributed by atoms with E-state index in [9.17, 15) is 9.59 Å². The van der Waals surface area contributed by atoms with Crippen molar-refractivity contribution in [3.05, 3.63) is 108 Å². The number of carbonyl (C=O) groups is 2. The zero-order valence-corrected chi connectivity index (χ0v) is 14.8. The van der Waals surface area contributed by atoms with Crippen LogP contribution >= 0.6 is 0 Å². The fourth-order valence-electron chi connectivity index (χ4n) is 3.40. The molecule has 3 aromatic carbocycles. The molecule has 1 aliphatic heterocycles. The lowest BCUT2D eigenvalue weighted by Crippen LogP contribution is -2.42. The van der Waals surface area contributed by atoms with Gasteiger partial charge in [0.05, 0.1) is 11.7 Å². The molecule has 0 fully saturated rings. The number of benzene rings is 3. The van der Waals surface area contributed by atoms with E-state index in [0.29, 0.717) is 11.1 Å². The van der Waals surface area contributed by atoms with Crippen molar-refractivity contribution in [3.8, 4) is 0 Å². The molecule has 27 heavy (non-hydrogen) atoms. The second kappa shape index (κ2) is 7.42. The Kier molecular flexibility index (Phi) is 4.67. The Hall–Kier alpha value is -3.46. The number of para-hydroxylation sites is 1. The zero-order valence-electron chi connectivity index (χ0n) is 14.8. The molecule has 3 heteroatoms. The molecule has 4 rings (SSSR count). The van der Waals surface area contributed by atoms with Crippen LogP contribution in [0.1, 0.15) is 32.7 Å². The van der Waals surface area contributed by atoms with E-state index in [1.807, 2.05) is 84.9 Å². The minimum Gasteiger partial charge on any atom is -0.300 e. The summed E-state index contributed by atoms with van der Waals surface area (Å²) in [4.78, 5) is 27.8. The van der Waals surface area contributed by atoms with Crippen LogP contribution in [0.2, 0.25) is 0 Å². The molecule has 1 atom stereocenters. The van der Waals surface area contributed by atoms with Crippen molar-refractivity contribution >= 4 is 23.5 Å². The van der Waals surface area contributed by atoms with Crippen molar-refractivity contribution in [2.45, 2.75) is 12.5 Å². The van der Waals surface area contributed by atoms with Crippen molar-refractivity contribution in [1.82, 2.24) is 0 Å². The maximum absolute atomic E-state index is 13.3. The molecule has 0 saturated carbocycles. The van der Waals surface area contributed by atoms with Crippen LogP contribution in [0.5, 0.6) is 0 Å². The maximum Gasteiger partial charge on any atom is 0.258 e. The van der Waals surface area contributed by atoms with Gasteiger partial charge in [-0.1, -0.05) is 78.9 Å². The molecule has 0 spiro atoms. The highest BCUT2D eigenvalue weighted by Gasteiger charge is 2.30. The Morgan fingerprint density at radius 2 is 1.33 bits per heavy atom. The summed E-state index contributed by atoms with van der Waals surface area (Å²) < 4.78 is 0. The first-order valence-corrected chi connectivity index (χ1v) is 8.98. The van der Waals surface area contributed by atoms with Crippen molar-refractivity contribution in [2.75, 3.05) is 4.90 Å². The largest absolute Gasteiger partial charge is 0.300 e. The van der Waals surface area contributed by atoms with Crippen LogP contribution in [0, 0.1) is 0 Å². The number of amides is 1. The third-order valence-electron chi connectivity index (χ3n) is 4.76. The number of carbonyl (C=O) groups excluding carboxylic acids is 2. The Labute approximate surface area is 158 Å². The predicted octanol–water partition coefficient (Wildman–Crippen LogP) is 5.00. The minimum absolute atomic E-state index is 0.0236. The van der Waals surface area contributed by atoms with Gasteiger partial charge in [-0.05, 0) is 23.8 Å². The second-order valence-electron chi connectivity index (χ2n) is 6.52. The van der Waals surface area contributed by atoms with Crippen LogP contribution in [0.25, 0.3) is 6.08 Å². The Bertz CT molecular complexity index is 993. The van der Waals surface area contributed by atoms with E-state index in [1.165, 1.54) is 0 Å². The highest BCUT2D eigenvalue weighted by Crippen LogP contribution is 2.32. The topological polar surface area (TPSA) is 37.4 Å². The first kappa shape index (κ1) is 17.0. The van der Waals surface area contributed by atoms with Gasteiger partial charge >= 0.3 is 0 Å². The van der Waals surface area contributed by atoms with Gasteiger partial charge < -0.3 is 4.90 Å². The number of ketones is 1. The maximum atomic E-state index is 13.3. The van der Waals surface area contributed by atoms with Crippen LogP contribution in [0.3, 0.4) is 0 Å². The molecule has 0 aliphatic carbocycles. The highest BCUT2D eigenvalue weighted by atomic mass is 16.2. The molecule has 0 bridgehead atoms. The van der Waals surface area contributed by atoms with Gasteiger partial charge in [0.1, 0.15) is 0 Å². The van der Waals surface area contributed by atoms with Gasteiger partial charge in [0.15, 0.2) is 5.78 Å². The summed E-state index contributed by atoms with van der Waals surface area (Å²) in [6.45, 7) is 0. The van der Waals surface area contributed by atoms with Crippen molar-refractivity contribution < 1.29 is 9.59 Å². The Morgan fingerprint density at radius 3 is 2.04 bits per heavy atom. The number of hydrogen-bond donors (Lipinski definition) is 0. The molecular formula is C24H19NO2. The monoisotopic (exact) mass is 353 g/mol. The van der Waals surface area contributed by atoms with Crippen LogP contribution in [-0.2, 0) is 0 Å². The van der Waals surface area contributed by atoms with Gasteiger partial charge in [0, 0.05) is 17.5 Å². The summed E-state index contributed by atoms with van der Waals surface area (Å²) in [5.74, 6) is -0.0752. The first-order valence-electron chi connectivity index (χ1n) is 8.98. The average Bonchev–Trinajstić information content (AvgIpc) is 2.74. The van der Waals surface area contributed by atoms with E-state index in [-0.39, 0.29) is 24.2 Å². The normalized spacial score (nSPS) is 15.3. The second-order valence-corrected chi connectivity index (χ2v) is 6.52. The zero-order chi connectivity index (χ0) is 18.6. The predicted molar refractivity (Wildman–Crippen MR) is 108 cm³/mol. The van der Waals surface area contributed by atoms with E-state index in [1.54, 1.807) is 17.0 Å². The fourth-order valence-corrected chi connectivity index (χ4v) is 3.40. The lowest BCUT2D eigenvalue weighted by atomic mass is 9.96. The molecule has 132 valence electrons. The summed E-state index contributed by atoms with van der Waals surface area (Å²) in [5.41, 5.74) is 3.08. The van der Waals surface area contributed by atoms with Crippen molar-refractivity contribution in [3.63, 3.8) is 0 Å². The number of rotatable bonds is 4. The lowest BCUT2D eigenvalue weighted by Gasteiger charge is -2.34. The van der Waals surface area contributed by atoms with E-state index >= 15 is 0 Å². The molecular weight excluding hydrogens is 334 g/mol. The smallest absolute Gasteiger partial charge is 0.258 e. The number of nitrogens with zero attached hydrogens (tertiary/aromatic N) is 1. The number of hydrogen-bond acceptors (Lipinski definition) is 2. The third kappa shape index (κ3) is 3.44. The van der Waals surface area contributed by atoms with Crippen LogP contribution in [-0.4, -0.2) is 17.7 Å². The van der Waals surface area contributed by atoms with Gasteiger partial charge in [-0.2, -0.15) is 0 Å². The van der Waals surface area contributed by atoms with Crippen LogP contribution in [0.15, 0.2) is 91.0 Å². The summed E-state index contributed by atoms with van der Waals surface area (Å²) in [6, 6.07) is 25.9. The van der Waals surface area contributed by atoms with Gasteiger partial charge in [-0.3, -0.25) is 9.59 Å². The summed E-state index contributed by atoms with van der Waals surface area (Å²) >= 11 is 0. The molecule has 3 nitrogen and oxygen atoms in total. The van der Waals surface area contributed by atoms with E-state index in [2.05, 4.69) is 0 Å². The van der Waals surface area contributed by atoms with Crippen LogP contribution < -0.4 is 4.90 Å². The van der Waals surface area contributed by atoms with E-state index in [0.717, 1.165) is 11.3 Å². The SMILES string of the molecule is O=C(C[C@H]1C=Cc2ccccc2N1C(=O)c1ccccc1)c1ccccc1. The molecule has 1 aliphatic rings. The summed E-state index contributed by atoms with van der Waals surface area (Å²) in [5, 5.41) is 0. The van der Waals surface area contributed by atoms with Crippen molar-refractivity contribution in [1.29, 1.82) is 0 Å². The van der Waals surface area contributed by atoms with Crippen LogP contribution in [0.4, 0.5) is 5.69 Å². The summed E-state index contributed by atoms with van der Waals surface area (Å²) in [7, 11) is 0. The van der Waals surface area contributed by atoms with E-state index < -0.39 is 0 Å². The highest BCUT2D eigenvalue weighted by molar-refractivity contribution is 6.09.